The van der Waals surface area contributed by atoms with Gasteiger partial charge in [-0.05, 0) is 26.7 Å². The standard InChI is InChI=1S/C20H27P.CHF3O3S.Au/c1-19(2,3)21(20(4,5)6)18-15-11-10-14-17(18)16-12-8-7-9-13-16;2-1(3,4)8(5,6)7;/h7-15H,1-6H3;(H,5,6,7);/q;;+1/p-1. The minimum Gasteiger partial charge on any atom is -0.741 e. The summed E-state index contributed by atoms with van der Waals surface area (Å²) >= 11 is 0. The Bertz CT molecular complexity index is 890. The maximum Gasteiger partial charge on any atom is 1.00 e. The van der Waals surface area contributed by atoms with Crippen LogP contribution in [-0.4, -0.2) is 28.8 Å². The molecule has 0 radical (unpaired) electrons. The van der Waals surface area contributed by atoms with Crippen molar-refractivity contribution in [2.75, 3.05) is 0 Å². The maximum atomic E-state index is 10.7. The zero-order valence-electron chi connectivity index (χ0n) is 17.7. The molecule has 30 heavy (non-hydrogen) atoms. The molecule has 3 nitrogen and oxygen atoms in total. The van der Waals surface area contributed by atoms with Gasteiger partial charge >= 0.3 is 27.9 Å². The Kier molecular flexibility index (Phi) is 10.5. The second-order valence-corrected chi connectivity index (χ2v) is 13.7. The van der Waals surface area contributed by atoms with E-state index in [1.54, 1.807) is 0 Å². The number of halogens is 3. The molecule has 0 aliphatic carbocycles. The second kappa shape index (κ2) is 10.8. The van der Waals surface area contributed by atoms with Crippen LogP contribution in [-0.2, 0) is 32.5 Å². The molecule has 0 bridgehead atoms. The van der Waals surface area contributed by atoms with E-state index in [0.29, 0.717) is 10.3 Å². The summed E-state index contributed by atoms with van der Waals surface area (Å²) < 4.78 is 58.9. The molecule has 0 unspecified atom stereocenters. The van der Waals surface area contributed by atoms with Gasteiger partial charge in [0, 0.05) is 0 Å². The Labute approximate surface area is 194 Å². The van der Waals surface area contributed by atoms with E-state index >= 15 is 0 Å². The molecule has 0 aliphatic heterocycles. The number of benzene rings is 2. The molecule has 0 fully saturated rings. The summed E-state index contributed by atoms with van der Waals surface area (Å²) in [7, 11) is -6.37. The number of hydrogen-bond acceptors (Lipinski definition) is 3. The summed E-state index contributed by atoms with van der Waals surface area (Å²) in [5.74, 6) is 0. The van der Waals surface area contributed by atoms with Gasteiger partial charge < -0.3 is 4.55 Å². The molecule has 0 N–H and O–H groups in total. The van der Waals surface area contributed by atoms with E-state index in [0.717, 1.165) is 0 Å². The van der Waals surface area contributed by atoms with Gasteiger partial charge in [-0.15, -0.1) is 0 Å². The molecule has 0 amide bonds. The van der Waals surface area contributed by atoms with Crippen LogP contribution in [0.4, 0.5) is 13.2 Å². The minimum atomic E-state index is -6.09. The predicted molar refractivity (Wildman–Crippen MR) is 114 cm³/mol. The monoisotopic (exact) mass is 644 g/mol. The van der Waals surface area contributed by atoms with Gasteiger partial charge in [-0.3, -0.25) is 0 Å². The summed E-state index contributed by atoms with van der Waals surface area (Å²) in [5, 5.41) is 2.11. The molecule has 0 saturated carbocycles. The van der Waals surface area contributed by atoms with Crippen molar-refractivity contribution in [3.63, 3.8) is 0 Å². The van der Waals surface area contributed by atoms with Gasteiger partial charge in [0.15, 0.2) is 10.1 Å². The molecule has 0 saturated heterocycles. The van der Waals surface area contributed by atoms with Gasteiger partial charge in [0.25, 0.3) is 0 Å². The average molecular weight is 644 g/mol. The van der Waals surface area contributed by atoms with Crippen molar-refractivity contribution in [1.82, 2.24) is 0 Å². The summed E-state index contributed by atoms with van der Waals surface area (Å²) in [6, 6.07) is 19.7. The molecular formula is C21H27AuF3O3PS. The molecule has 0 heterocycles. The summed E-state index contributed by atoms with van der Waals surface area (Å²) in [6.07, 6.45) is 0. The molecule has 2 aromatic carbocycles. The molecule has 2 aromatic rings. The number of rotatable bonds is 2. The normalized spacial score (nSPS) is 12.6. The summed E-state index contributed by atoms with van der Waals surface area (Å²) in [5.41, 5.74) is -2.92. The van der Waals surface area contributed by atoms with Gasteiger partial charge in [0.2, 0.25) is 0 Å². The van der Waals surface area contributed by atoms with Gasteiger partial charge in [0.1, 0.15) is 0 Å². The van der Waals surface area contributed by atoms with Crippen molar-refractivity contribution < 1.29 is 48.5 Å². The molecule has 0 atom stereocenters. The maximum absolute atomic E-state index is 10.7. The van der Waals surface area contributed by atoms with E-state index in [9.17, 15) is 13.2 Å². The first-order valence-corrected chi connectivity index (χ1v) is 11.7. The van der Waals surface area contributed by atoms with Gasteiger partial charge in [-0.1, -0.05) is 104 Å². The third-order valence-corrected chi connectivity index (χ3v) is 7.98. The predicted octanol–water partition coefficient (Wildman–Crippen LogP) is 6.11. The largest absolute Gasteiger partial charge is 1.00 e. The van der Waals surface area contributed by atoms with Crippen LogP contribution in [0.2, 0.25) is 0 Å². The first-order valence-electron chi connectivity index (χ1n) is 8.93. The number of alkyl halides is 3. The van der Waals surface area contributed by atoms with Crippen LogP contribution in [0.1, 0.15) is 41.5 Å². The van der Waals surface area contributed by atoms with Crippen molar-refractivity contribution in [2.24, 2.45) is 0 Å². The van der Waals surface area contributed by atoms with Gasteiger partial charge in [-0.25, -0.2) is 8.42 Å². The Hall–Kier alpha value is -0.690. The molecule has 2 rings (SSSR count). The number of hydrogen-bond donors (Lipinski definition) is 0. The quantitative estimate of drug-likeness (QED) is 0.172. The molecular weight excluding hydrogens is 617 g/mol. The average Bonchev–Trinajstić information content (AvgIpc) is 2.52. The van der Waals surface area contributed by atoms with Crippen LogP contribution in [0.15, 0.2) is 54.6 Å². The Balaban J connectivity index is 0.000000801. The molecule has 172 valence electrons. The topological polar surface area (TPSA) is 57.2 Å². The van der Waals surface area contributed by atoms with Crippen LogP contribution in [0.25, 0.3) is 11.1 Å². The van der Waals surface area contributed by atoms with Crippen LogP contribution in [0.3, 0.4) is 0 Å². The van der Waals surface area contributed by atoms with E-state index in [1.165, 1.54) is 16.4 Å². The zero-order chi connectivity index (χ0) is 22.7. The summed E-state index contributed by atoms with van der Waals surface area (Å²) in [6.45, 7) is 14.3. The minimum absolute atomic E-state index is 0. The Morgan fingerprint density at radius 2 is 1.13 bits per heavy atom. The Morgan fingerprint density at radius 1 is 0.767 bits per heavy atom. The van der Waals surface area contributed by atoms with E-state index in [1.807, 2.05) is 0 Å². The van der Waals surface area contributed by atoms with E-state index in [4.69, 9.17) is 13.0 Å². The van der Waals surface area contributed by atoms with Crippen molar-refractivity contribution in [3.05, 3.63) is 54.6 Å². The molecule has 9 heteroatoms. The first kappa shape index (κ1) is 29.3. The van der Waals surface area contributed by atoms with Crippen molar-refractivity contribution in [1.29, 1.82) is 0 Å². The van der Waals surface area contributed by atoms with Crippen LogP contribution in [0, 0.1) is 0 Å². The second-order valence-electron chi connectivity index (χ2n) is 8.46. The van der Waals surface area contributed by atoms with Crippen LogP contribution < -0.4 is 5.30 Å². The molecule has 0 aliphatic rings. The van der Waals surface area contributed by atoms with Crippen LogP contribution in [0.5, 0.6) is 0 Å². The first-order chi connectivity index (χ1) is 13.0. The van der Waals surface area contributed by atoms with Gasteiger partial charge in [0.05, 0.1) is 0 Å². The fraction of sp³-hybridized carbons (Fsp3) is 0.429. The van der Waals surface area contributed by atoms with Crippen molar-refractivity contribution >= 4 is 23.3 Å². The molecule has 0 spiro atoms. The van der Waals surface area contributed by atoms with E-state index < -0.39 is 15.6 Å². The SMILES string of the molecule is CC(C)(C)P(c1ccccc1-c1ccccc1)C(C)(C)C.O=S(=O)([O-])C(F)(F)F.[Au+]. The molecule has 0 aromatic heterocycles. The zero-order valence-corrected chi connectivity index (χ0v) is 21.6. The van der Waals surface area contributed by atoms with Crippen molar-refractivity contribution in [3.8, 4) is 11.1 Å². The third-order valence-electron chi connectivity index (χ3n) is 3.85. The third kappa shape index (κ3) is 8.45. The van der Waals surface area contributed by atoms with E-state index in [2.05, 4.69) is 96.1 Å². The smallest absolute Gasteiger partial charge is 0.741 e. The fourth-order valence-electron chi connectivity index (χ4n) is 3.26. The van der Waals surface area contributed by atoms with Crippen LogP contribution >= 0.6 is 7.92 Å². The fourth-order valence-corrected chi connectivity index (χ4v) is 7.40. The van der Waals surface area contributed by atoms with E-state index in [-0.39, 0.29) is 30.3 Å². The van der Waals surface area contributed by atoms with Crippen molar-refractivity contribution in [2.45, 2.75) is 57.4 Å². The summed E-state index contributed by atoms with van der Waals surface area (Å²) in [4.78, 5) is 0. The Morgan fingerprint density at radius 3 is 1.50 bits per heavy atom. The van der Waals surface area contributed by atoms with Gasteiger partial charge in [-0.2, -0.15) is 13.2 Å².